The lowest BCUT2D eigenvalue weighted by Crippen LogP contribution is -2.13. The monoisotopic (exact) mass is 288 g/mol. The Morgan fingerprint density at radius 1 is 1.10 bits per heavy atom. The molecular weight excluding hydrogens is 276 g/mol. The molecule has 0 bridgehead atoms. The van der Waals surface area contributed by atoms with E-state index in [1.54, 1.807) is 36.4 Å². The van der Waals surface area contributed by atoms with Gasteiger partial charge in [0.2, 0.25) is 10.0 Å². The zero-order valence-electron chi connectivity index (χ0n) is 10.4. The van der Waals surface area contributed by atoms with Gasteiger partial charge in [-0.3, -0.25) is 0 Å². The first-order valence-electron chi connectivity index (χ1n) is 5.82. The van der Waals surface area contributed by atoms with Crippen molar-refractivity contribution >= 4 is 27.0 Å². The van der Waals surface area contributed by atoms with E-state index in [1.165, 1.54) is 6.07 Å². The Morgan fingerprint density at radius 2 is 1.85 bits per heavy atom. The number of rotatable bonds is 2. The highest BCUT2D eigenvalue weighted by Gasteiger charge is 2.15. The van der Waals surface area contributed by atoms with Crippen LogP contribution in [0.25, 0.3) is 22.2 Å². The van der Waals surface area contributed by atoms with Gasteiger partial charge in [0.05, 0.1) is 15.9 Å². The number of nitrogens with zero attached hydrogens (tertiary/aromatic N) is 1. The van der Waals surface area contributed by atoms with Gasteiger partial charge in [-0.25, -0.2) is 18.5 Å². The summed E-state index contributed by atoms with van der Waals surface area (Å²) in [7, 11) is -3.78. The number of anilines is 1. The fourth-order valence-corrected chi connectivity index (χ4v) is 2.91. The summed E-state index contributed by atoms with van der Waals surface area (Å²) in [5, 5.41) is 5.24. The molecule has 1 heterocycles. The summed E-state index contributed by atoms with van der Waals surface area (Å²) in [5.41, 5.74) is 8.33. The number of benzene rings is 2. The van der Waals surface area contributed by atoms with E-state index >= 15 is 0 Å². The van der Waals surface area contributed by atoms with Gasteiger partial charge in [-0.2, -0.15) is 0 Å². The predicted molar refractivity (Wildman–Crippen MR) is 77.3 cm³/mol. The zero-order valence-corrected chi connectivity index (χ0v) is 11.2. The number of imidazole rings is 1. The normalized spacial score (nSPS) is 11.8. The van der Waals surface area contributed by atoms with Gasteiger partial charge in [-0.15, -0.1) is 0 Å². The fraction of sp³-hybridized carbons (Fsp3) is 0. The minimum absolute atomic E-state index is 0.0897. The van der Waals surface area contributed by atoms with Crippen molar-refractivity contribution in [3.05, 3.63) is 42.5 Å². The SMILES string of the molecule is Nc1nc2ccc(-c3ccccc3S(N)(=O)=O)cc2[nH]1. The zero-order chi connectivity index (χ0) is 14.3. The van der Waals surface area contributed by atoms with Crippen molar-refractivity contribution in [1.82, 2.24) is 9.97 Å². The van der Waals surface area contributed by atoms with Crippen LogP contribution < -0.4 is 10.9 Å². The number of sulfonamides is 1. The van der Waals surface area contributed by atoms with Crippen LogP contribution in [0.4, 0.5) is 5.95 Å². The Bertz CT molecular complexity index is 900. The number of nitrogens with two attached hydrogens (primary N) is 2. The Kier molecular flexibility index (Phi) is 2.73. The largest absolute Gasteiger partial charge is 0.369 e. The third-order valence-corrected chi connectivity index (χ3v) is 3.97. The van der Waals surface area contributed by atoms with E-state index in [-0.39, 0.29) is 4.90 Å². The lowest BCUT2D eigenvalue weighted by molar-refractivity contribution is 0.598. The highest BCUT2D eigenvalue weighted by molar-refractivity contribution is 7.89. The maximum atomic E-state index is 11.6. The van der Waals surface area contributed by atoms with E-state index in [2.05, 4.69) is 9.97 Å². The van der Waals surface area contributed by atoms with Crippen LogP contribution in [0.5, 0.6) is 0 Å². The summed E-state index contributed by atoms with van der Waals surface area (Å²) < 4.78 is 23.3. The summed E-state index contributed by atoms with van der Waals surface area (Å²) in [5.74, 6) is 0.317. The van der Waals surface area contributed by atoms with Crippen molar-refractivity contribution in [2.45, 2.75) is 4.90 Å². The highest BCUT2D eigenvalue weighted by Crippen LogP contribution is 2.28. The molecule has 0 aliphatic rings. The molecule has 0 spiro atoms. The molecule has 20 heavy (non-hydrogen) atoms. The molecule has 0 atom stereocenters. The summed E-state index contributed by atoms with van der Waals surface area (Å²) >= 11 is 0. The molecule has 2 aromatic carbocycles. The molecule has 1 aromatic heterocycles. The number of aromatic amines is 1. The van der Waals surface area contributed by atoms with E-state index < -0.39 is 10.0 Å². The predicted octanol–water partition coefficient (Wildman–Crippen LogP) is 1.46. The summed E-state index contributed by atoms with van der Waals surface area (Å²) in [6.07, 6.45) is 0. The van der Waals surface area contributed by atoms with Gasteiger partial charge in [-0.05, 0) is 23.8 Å². The van der Waals surface area contributed by atoms with Crippen LogP contribution in [-0.4, -0.2) is 18.4 Å². The minimum Gasteiger partial charge on any atom is -0.369 e. The van der Waals surface area contributed by atoms with Gasteiger partial charge >= 0.3 is 0 Å². The first-order chi connectivity index (χ1) is 9.45. The summed E-state index contributed by atoms with van der Waals surface area (Å²) in [6, 6.07) is 11.9. The number of aromatic nitrogens is 2. The highest BCUT2D eigenvalue weighted by atomic mass is 32.2. The Morgan fingerprint density at radius 3 is 2.60 bits per heavy atom. The van der Waals surface area contributed by atoms with Crippen LogP contribution in [0.15, 0.2) is 47.4 Å². The van der Waals surface area contributed by atoms with Crippen molar-refractivity contribution in [3.63, 3.8) is 0 Å². The molecule has 6 nitrogen and oxygen atoms in total. The summed E-state index contributed by atoms with van der Waals surface area (Å²) in [4.78, 5) is 7.10. The molecule has 0 fully saturated rings. The average Bonchev–Trinajstić information content (AvgIpc) is 2.76. The van der Waals surface area contributed by atoms with Gasteiger partial charge in [0.25, 0.3) is 0 Å². The molecule has 0 saturated carbocycles. The number of nitrogen functional groups attached to an aromatic ring is 1. The standard InChI is InChI=1S/C13H12N4O2S/c14-13-16-10-6-5-8(7-11(10)17-13)9-3-1-2-4-12(9)20(15,18)19/h1-7H,(H3,14,16,17)(H2,15,18,19). The van der Waals surface area contributed by atoms with Crippen LogP contribution in [0.2, 0.25) is 0 Å². The van der Waals surface area contributed by atoms with E-state index in [1.807, 2.05) is 0 Å². The molecule has 0 aliphatic carbocycles. The maximum absolute atomic E-state index is 11.6. The number of nitrogens with one attached hydrogen (secondary N) is 1. The quantitative estimate of drug-likeness (QED) is 0.662. The molecule has 0 amide bonds. The second-order valence-corrected chi connectivity index (χ2v) is 5.92. The molecular formula is C13H12N4O2S. The first-order valence-corrected chi connectivity index (χ1v) is 7.37. The Balaban J connectivity index is 2.25. The lowest BCUT2D eigenvalue weighted by atomic mass is 10.1. The smallest absolute Gasteiger partial charge is 0.238 e. The first kappa shape index (κ1) is 12.6. The van der Waals surface area contributed by atoms with Crippen molar-refractivity contribution in [3.8, 4) is 11.1 Å². The van der Waals surface area contributed by atoms with Gasteiger partial charge in [0, 0.05) is 5.56 Å². The second-order valence-electron chi connectivity index (χ2n) is 4.40. The topological polar surface area (TPSA) is 115 Å². The molecule has 0 unspecified atom stereocenters. The van der Waals surface area contributed by atoms with Crippen LogP contribution in [0.3, 0.4) is 0 Å². The van der Waals surface area contributed by atoms with Crippen LogP contribution in [0, 0.1) is 0 Å². The van der Waals surface area contributed by atoms with Crippen LogP contribution in [-0.2, 0) is 10.0 Å². The molecule has 102 valence electrons. The molecule has 0 radical (unpaired) electrons. The van der Waals surface area contributed by atoms with E-state index in [4.69, 9.17) is 10.9 Å². The fourth-order valence-electron chi connectivity index (χ4n) is 2.15. The molecule has 0 aliphatic heterocycles. The van der Waals surface area contributed by atoms with E-state index in [0.29, 0.717) is 11.5 Å². The summed E-state index contributed by atoms with van der Waals surface area (Å²) in [6.45, 7) is 0. The van der Waals surface area contributed by atoms with Crippen molar-refractivity contribution in [2.75, 3.05) is 5.73 Å². The maximum Gasteiger partial charge on any atom is 0.238 e. The van der Waals surface area contributed by atoms with Gasteiger partial charge in [0.15, 0.2) is 5.95 Å². The number of hydrogen-bond acceptors (Lipinski definition) is 4. The van der Waals surface area contributed by atoms with Crippen LogP contribution >= 0.6 is 0 Å². The number of primary sulfonamides is 1. The number of H-pyrrole nitrogens is 1. The minimum atomic E-state index is -3.78. The van der Waals surface area contributed by atoms with Gasteiger partial charge < -0.3 is 10.7 Å². The molecule has 3 aromatic rings. The number of fused-ring (bicyclic) bond motifs is 1. The Hall–Kier alpha value is -2.38. The average molecular weight is 288 g/mol. The van der Waals surface area contributed by atoms with E-state index in [0.717, 1.165) is 16.6 Å². The second kappa shape index (κ2) is 4.32. The van der Waals surface area contributed by atoms with Gasteiger partial charge in [0.1, 0.15) is 0 Å². The number of hydrogen-bond donors (Lipinski definition) is 3. The van der Waals surface area contributed by atoms with Crippen LogP contribution in [0.1, 0.15) is 0 Å². The van der Waals surface area contributed by atoms with Gasteiger partial charge in [-0.1, -0.05) is 24.3 Å². The lowest BCUT2D eigenvalue weighted by Gasteiger charge is -2.07. The third-order valence-electron chi connectivity index (χ3n) is 3.00. The van der Waals surface area contributed by atoms with E-state index in [9.17, 15) is 8.42 Å². The van der Waals surface area contributed by atoms with Crippen molar-refractivity contribution in [1.29, 1.82) is 0 Å². The third kappa shape index (κ3) is 2.13. The van der Waals surface area contributed by atoms with Crippen molar-refractivity contribution in [2.24, 2.45) is 5.14 Å². The Labute approximate surface area is 115 Å². The van der Waals surface area contributed by atoms with Crippen molar-refractivity contribution < 1.29 is 8.42 Å². The molecule has 0 saturated heterocycles. The molecule has 7 heteroatoms. The molecule has 5 N–H and O–H groups in total. The molecule has 3 rings (SSSR count).